The van der Waals surface area contributed by atoms with E-state index in [1.54, 1.807) is 18.2 Å². The van der Waals surface area contributed by atoms with Crippen LogP contribution in [0.25, 0.3) is 11.0 Å². The average Bonchev–Trinajstić information content (AvgIpc) is 3.33. The minimum Gasteiger partial charge on any atom is -0.367 e. The summed E-state index contributed by atoms with van der Waals surface area (Å²) in [5.41, 5.74) is 1.99. The summed E-state index contributed by atoms with van der Waals surface area (Å²) in [7, 11) is -3.68. The van der Waals surface area contributed by atoms with Crippen LogP contribution in [0.1, 0.15) is 12.8 Å². The standard InChI is InChI=1S/C22H24ClN5O3S2/c23-17-4-1-2-6-19(17)26-12-14-27(15-13-26)22(29)16-8-10-28(11-9-16)33(30,31)20-7-3-5-18-21(20)25-32-24-18/h1-7,16H,8-15H2. The van der Waals surface area contributed by atoms with Crippen molar-refractivity contribution in [2.45, 2.75) is 17.7 Å². The largest absolute Gasteiger partial charge is 0.367 e. The highest BCUT2D eigenvalue weighted by Gasteiger charge is 2.35. The number of hydrogen-bond acceptors (Lipinski definition) is 7. The monoisotopic (exact) mass is 505 g/mol. The molecule has 3 aromatic rings. The van der Waals surface area contributed by atoms with Crippen molar-refractivity contribution in [2.24, 2.45) is 5.92 Å². The van der Waals surface area contributed by atoms with E-state index in [9.17, 15) is 13.2 Å². The van der Waals surface area contributed by atoms with Crippen LogP contribution in [0.3, 0.4) is 0 Å². The van der Waals surface area contributed by atoms with Gasteiger partial charge in [0.05, 0.1) is 22.4 Å². The number of para-hydroxylation sites is 1. The molecule has 0 radical (unpaired) electrons. The predicted octanol–water partition coefficient (Wildman–Crippen LogP) is 3.09. The Balaban J connectivity index is 1.20. The van der Waals surface area contributed by atoms with Gasteiger partial charge in [-0.05, 0) is 37.1 Å². The number of anilines is 1. The van der Waals surface area contributed by atoms with Gasteiger partial charge in [-0.25, -0.2) is 8.42 Å². The van der Waals surface area contributed by atoms with Crippen molar-refractivity contribution in [3.8, 4) is 0 Å². The fourth-order valence-corrected chi connectivity index (χ4v) is 7.08. The highest BCUT2D eigenvalue weighted by Crippen LogP contribution is 2.30. The van der Waals surface area contributed by atoms with Crippen molar-refractivity contribution in [3.05, 3.63) is 47.5 Å². The minimum atomic E-state index is -3.68. The van der Waals surface area contributed by atoms with Crippen LogP contribution in [-0.4, -0.2) is 71.5 Å². The van der Waals surface area contributed by atoms with E-state index in [-0.39, 0.29) is 16.7 Å². The quantitative estimate of drug-likeness (QED) is 0.541. The molecule has 1 amide bonds. The van der Waals surface area contributed by atoms with Gasteiger partial charge in [-0.15, -0.1) is 0 Å². The maximum absolute atomic E-state index is 13.2. The number of benzene rings is 2. The van der Waals surface area contributed by atoms with E-state index in [0.717, 1.165) is 35.5 Å². The van der Waals surface area contributed by atoms with Crippen LogP contribution in [0.5, 0.6) is 0 Å². The molecule has 0 spiro atoms. The molecular formula is C22H24ClN5O3S2. The van der Waals surface area contributed by atoms with Gasteiger partial charge in [0.2, 0.25) is 15.9 Å². The molecular weight excluding hydrogens is 482 g/mol. The van der Waals surface area contributed by atoms with Gasteiger partial charge in [-0.3, -0.25) is 4.79 Å². The second-order valence-corrected chi connectivity index (χ2v) is 11.2. The summed E-state index contributed by atoms with van der Waals surface area (Å²) in [5, 5.41) is 0.718. The van der Waals surface area contributed by atoms with Gasteiger partial charge < -0.3 is 9.80 Å². The summed E-state index contributed by atoms with van der Waals surface area (Å²) in [6, 6.07) is 12.8. The highest BCUT2D eigenvalue weighted by atomic mass is 35.5. The first-order valence-corrected chi connectivity index (χ1v) is 13.5. The second-order valence-electron chi connectivity index (χ2n) is 8.33. The number of piperidine rings is 1. The van der Waals surface area contributed by atoms with E-state index < -0.39 is 10.0 Å². The van der Waals surface area contributed by atoms with Crippen LogP contribution in [0.15, 0.2) is 47.4 Å². The zero-order valence-corrected chi connectivity index (χ0v) is 20.3. The Hall–Kier alpha value is -2.27. The lowest BCUT2D eigenvalue weighted by atomic mass is 9.96. The number of carbonyl (C=O) groups excluding carboxylic acids is 1. The summed E-state index contributed by atoms with van der Waals surface area (Å²) in [5.74, 6) is -0.0308. The van der Waals surface area contributed by atoms with Crippen molar-refractivity contribution in [1.29, 1.82) is 0 Å². The van der Waals surface area contributed by atoms with Gasteiger partial charge in [0.25, 0.3) is 0 Å². The Morgan fingerprint density at radius 2 is 1.67 bits per heavy atom. The normalized spacial score (nSPS) is 18.7. The SMILES string of the molecule is O=C(C1CCN(S(=O)(=O)c2cccc3nsnc23)CC1)N1CCN(c2ccccc2Cl)CC1. The number of aromatic nitrogens is 2. The molecule has 0 aliphatic carbocycles. The van der Waals surface area contributed by atoms with Gasteiger partial charge in [-0.1, -0.05) is 29.8 Å². The lowest BCUT2D eigenvalue weighted by molar-refractivity contribution is -0.137. The molecule has 11 heteroatoms. The molecule has 2 aliphatic heterocycles. The number of fused-ring (bicyclic) bond motifs is 1. The molecule has 5 rings (SSSR count). The van der Waals surface area contributed by atoms with Crippen molar-refractivity contribution in [2.75, 3.05) is 44.2 Å². The fourth-order valence-electron chi connectivity index (χ4n) is 4.61. The first-order valence-electron chi connectivity index (χ1n) is 10.9. The number of carbonyl (C=O) groups is 1. The highest BCUT2D eigenvalue weighted by molar-refractivity contribution is 7.89. The molecule has 3 heterocycles. The van der Waals surface area contributed by atoms with E-state index in [2.05, 4.69) is 13.6 Å². The molecule has 0 N–H and O–H groups in total. The number of piperazine rings is 1. The van der Waals surface area contributed by atoms with Gasteiger partial charge in [0, 0.05) is 45.2 Å². The van der Waals surface area contributed by atoms with Gasteiger partial charge in [-0.2, -0.15) is 13.1 Å². The topological polar surface area (TPSA) is 86.7 Å². The number of nitrogens with zero attached hydrogens (tertiary/aromatic N) is 5. The van der Waals surface area contributed by atoms with Crippen LogP contribution in [0.4, 0.5) is 5.69 Å². The third kappa shape index (κ3) is 4.32. The number of sulfonamides is 1. The van der Waals surface area contributed by atoms with Crippen LogP contribution in [0.2, 0.25) is 5.02 Å². The minimum absolute atomic E-state index is 0.122. The van der Waals surface area contributed by atoms with E-state index in [1.807, 2.05) is 29.2 Å². The van der Waals surface area contributed by atoms with Crippen LogP contribution < -0.4 is 4.90 Å². The van der Waals surface area contributed by atoms with Crippen LogP contribution in [-0.2, 0) is 14.8 Å². The molecule has 0 bridgehead atoms. The Morgan fingerprint density at radius 1 is 0.939 bits per heavy atom. The van der Waals surface area contributed by atoms with Crippen molar-refractivity contribution in [1.82, 2.24) is 18.0 Å². The third-order valence-electron chi connectivity index (χ3n) is 6.45. The van der Waals surface area contributed by atoms with E-state index in [0.29, 0.717) is 50.1 Å². The number of halogens is 1. The summed E-state index contributed by atoms with van der Waals surface area (Å²) in [6.45, 7) is 3.39. The molecule has 0 unspecified atom stereocenters. The Labute approximate surface area is 202 Å². The number of rotatable bonds is 4. The summed E-state index contributed by atoms with van der Waals surface area (Å²) in [6.07, 6.45) is 1.04. The summed E-state index contributed by atoms with van der Waals surface area (Å²) < 4.78 is 36.2. The lowest BCUT2D eigenvalue weighted by Gasteiger charge is -2.39. The smallest absolute Gasteiger partial charge is 0.245 e. The summed E-state index contributed by atoms with van der Waals surface area (Å²) in [4.78, 5) is 17.4. The zero-order chi connectivity index (χ0) is 23.0. The second kappa shape index (κ2) is 9.17. The van der Waals surface area contributed by atoms with E-state index in [1.165, 1.54) is 4.31 Å². The summed E-state index contributed by atoms with van der Waals surface area (Å²) >= 11 is 7.32. The van der Waals surface area contributed by atoms with Gasteiger partial charge in [0.1, 0.15) is 15.9 Å². The fraction of sp³-hybridized carbons (Fsp3) is 0.409. The van der Waals surface area contributed by atoms with Crippen molar-refractivity contribution < 1.29 is 13.2 Å². The van der Waals surface area contributed by atoms with E-state index in [4.69, 9.17) is 11.6 Å². The molecule has 174 valence electrons. The molecule has 2 aromatic carbocycles. The maximum Gasteiger partial charge on any atom is 0.245 e. The molecule has 8 nitrogen and oxygen atoms in total. The zero-order valence-electron chi connectivity index (χ0n) is 17.9. The van der Waals surface area contributed by atoms with Gasteiger partial charge >= 0.3 is 0 Å². The first kappa shape index (κ1) is 22.5. The Morgan fingerprint density at radius 3 is 2.39 bits per heavy atom. The Kier molecular flexibility index (Phi) is 6.26. The molecule has 33 heavy (non-hydrogen) atoms. The molecule has 0 atom stereocenters. The third-order valence-corrected chi connectivity index (χ3v) is 9.25. The molecule has 1 aromatic heterocycles. The number of hydrogen-bond donors (Lipinski definition) is 0. The molecule has 0 saturated carbocycles. The van der Waals surface area contributed by atoms with Gasteiger partial charge in [0.15, 0.2) is 0 Å². The lowest BCUT2D eigenvalue weighted by Crippen LogP contribution is -2.52. The maximum atomic E-state index is 13.2. The Bertz CT molecular complexity index is 1270. The van der Waals surface area contributed by atoms with Crippen LogP contribution >= 0.6 is 23.3 Å². The average molecular weight is 506 g/mol. The van der Waals surface area contributed by atoms with Crippen molar-refractivity contribution in [3.63, 3.8) is 0 Å². The molecule has 2 fully saturated rings. The first-order chi connectivity index (χ1) is 15.9. The van der Waals surface area contributed by atoms with Crippen molar-refractivity contribution >= 4 is 56.0 Å². The van der Waals surface area contributed by atoms with Crippen LogP contribution in [0, 0.1) is 5.92 Å². The molecule has 2 aliphatic rings. The molecule has 2 saturated heterocycles. The number of amides is 1. The van der Waals surface area contributed by atoms with E-state index >= 15 is 0 Å². The predicted molar refractivity (Wildman–Crippen MR) is 129 cm³/mol.